The molecule has 140 valence electrons. The first kappa shape index (κ1) is 19.8. The fourth-order valence-corrected chi connectivity index (χ4v) is 2.87. The molecule has 26 heavy (non-hydrogen) atoms. The van der Waals surface area contributed by atoms with Gasteiger partial charge in [-0.25, -0.2) is 0 Å². The molecule has 2 aromatic carbocycles. The summed E-state index contributed by atoms with van der Waals surface area (Å²) >= 11 is 0. The van der Waals surface area contributed by atoms with Crippen LogP contribution in [0, 0.1) is 20.8 Å². The number of carbonyl (C=O) groups is 1. The predicted octanol–water partition coefficient (Wildman–Crippen LogP) is 4.66. The Hall–Kier alpha value is -2.49. The van der Waals surface area contributed by atoms with Crippen LogP contribution >= 0.6 is 0 Å². The summed E-state index contributed by atoms with van der Waals surface area (Å²) in [6, 6.07) is 11.8. The van der Waals surface area contributed by atoms with E-state index in [0.717, 1.165) is 28.9 Å². The molecule has 0 fully saturated rings. The maximum atomic E-state index is 12.6. The SMILES string of the molecule is CC[C@H](NC(=O)[C@@H](C)Oc1ccc(C)c(C)c1)c1ccc(OC)c(C)c1. The number of nitrogens with one attached hydrogen (secondary N) is 1. The lowest BCUT2D eigenvalue weighted by Crippen LogP contribution is -2.38. The number of hydrogen-bond donors (Lipinski definition) is 1. The highest BCUT2D eigenvalue weighted by atomic mass is 16.5. The number of amides is 1. The smallest absolute Gasteiger partial charge is 0.261 e. The van der Waals surface area contributed by atoms with Crippen LogP contribution in [0.5, 0.6) is 11.5 Å². The van der Waals surface area contributed by atoms with E-state index in [1.54, 1.807) is 14.0 Å². The zero-order chi connectivity index (χ0) is 19.3. The van der Waals surface area contributed by atoms with Gasteiger partial charge in [0, 0.05) is 0 Å². The summed E-state index contributed by atoms with van der Waals surface area (Å²) in [6.45, 7) is 9.92. The van der Waals surface area contributed by atoms with Crippen LogP contribution in [0.3, 0.4) is 0 Å². The number of rotatable bonds is 7. The summed E-state index contributed by atoms with van der Waals surface area (Å²) in [4.78, 5) is 12.6. The standard InChI is InChI=1S/C22H29NO3/c1-7-20(18-9-11-21(25-6)16(4)12-18)23-22(24)17(5)26-19-10-8-14(2)15(3)13-19/h8-13,17,20H,7H2,1-6H3,(H,23,24)/t17-,20+/m1/s1. The van der Waals surface area contributed by atoms with E-state index in [2.05, 4.69) is 25.2 Å². The number of benzene rings is 2. The van der Waals surface area contributed by atoms with Gasteiger partial charge in [-0.15, -0.1) is 0 Å². The monoisotopic (exact) mass is 355 g/mol. The minimum Gasteiger partial charge on any atom is -0.496 e. The van der Waals surface area contributed by atoms with Crippen molar-refractivity contribution in [2.75, 3.05) is 7.11 Å². The molecular formula is C22H29NO3. The second-order valence-corrected chi connectivity index (χ2v) is 6.70. The van der Waals surface area contributed by atoms with Gasteiger partial charge in [-0.3, -0.25) is 4.79 Å². The van der Waals surface area contributed by atoms with Gasteiger partial charge in [0.05, 0.1) is 13.2 Å². The van der Waals surface area contributed by atoms with E-state index in [1.807, 2.05) is 44.2 Å². The molecule has 1 N–H and O–H groups in total. The highest BCUT2D eigenvalue weighted by Gasteiger charge is 2.20. The molecule has 0 aliphatic carbocycles. The number of ether oxygens (including phenoxy) is 2. The number of methoxy groups -OCH3 is 1. The van der Waals surface area contributed by atoms with Crippen LogP contribution in [0.2, 0.25) is 0 Å². The van der Waals surface area contributed by atoms with Crippen molar-refractivity contribution in [3.8, 4) is 11.5 Å². The van der Waals surface area contributed by atoms with Crippen LogP contribution in [-0.2, 0) is 4.79 Å². The van der Waals surface area contributed by atoms with Gasteiger partial charge in [0.1, 0.15) is 11.5 Å². The van der Waals surface area contributed by atoms with Gasteiger partial charge in [-0.05, 0) is 74.6 Å². The summed E-state index contributed by atoms with van der Waals surface area (Å²) in [5, 5.41) is 3.09. The summed E-state index contributed by atoms with van der Waals surface area (Å²) in [5.74, 6) is 1.44. The Balaban J connectivity index is 2.05. The average molecular weight is 355 g/mol. The predicted molar refractivity (Wildman–Crippen MR) is 105 cm³/mol. The van der Waals surface area contributed by atoms with Crippen molar-refractivity contribution in [2.45, 2.75) is 53.2 Å². The Kier molecular flexibility index (Phi) is 6.67. The third-order valence-corrected chi connectivity index (χ3v) is 4.71. The Labute approximate surface area is 156 Å². The lowest BCUT2D eigenvalue weighted by Gasteiger charge is -2.22. The van der Waals surface area contributed by atoms with Gasteiger partial charge in [0.25, 0.3) is 5.91 Å². The van der Waals surface area contributed by atoms with E-state index in [4.69, 9.17) is 9.47 Å². The quantitative estimate of drug-likeness (QED) is 0.786. The minimum absolute atomic E-state index is 0.0575. The van der Waals surface area contributed by atoms with E-state index < -0.39 is 6.10 Å². The summed E-state index contributed by atoms with van der Waals surface area (Å²) < 4.78 is 11.1. The van der Waals surface area contributed by atoms with Crippen molar-refractivity contribution in [1.29, 1.82) is 0 Å². The molecular weight excluding hydrogens is 326 g/mol. The van der Waals surface area contributed by atoms with Crippen molar-refractivity contribution in [1.82, 2.24) is 5.32 Å². The number of hydrogen-bond acceptors (Lipinski definition) is 3. The Morgan fingerprint density at radius 2 is 1.77 bits per heavy atom. The maximum Gasteiger partial charge on any atom is 0.261 e. The van der Waals surface area contributed by atoms with Gasteiger partial charge in [-0.1, -0.05) is 25.1 Å². The normalized spacial score (nSPS) is 13.0. The van der Waals surface area contributed by atoms with Crippen molar-refractivity contribution in [3.63, 3.8) is 0 Å². The highest BCUT2D eigenvalue weighted by molar-refractivity contribution is 5.81. The summed E-state index contributed by atoms with van der Waals surface area (Å²) in [7, 11) is 1.66. The third-order valence-electron chi connectivity index (χ3n) is 4.71. The van der Waals surface area contributed by atoms with Gasteiger partial charge in [0.15, 0.2) is 6.10 Å². The molecule has 4 nitrogen and oxygen atoms in total. The van der Waals surface area contributed by atoms with Crippen LogP contribution in [0.25, 0.3) is 0 Å². The van der Waals surface area contributed by atoms with Gasteiger partial charge < -0.3 is 14.8 Å². The molecule has 0 heterocycles. The molecule has 0 unspecified atom stereocenters. The van der Waals surface area contributed by atoms with E-state index in [1.165, 1.54) is 5.56 Å². The highest BCUT2D eigenvalue weighted by Crippen LogP contribution is 2.24. The molecule has 1 amide bonds. The molecule has 0 bridgehead atoms. The van der Waals surface area contributed by atoms with Crippen LogP contribution in [0.15, 0.2) is 36.4 Å². The topological polar surface area (TPSA) is 47.6 Å². The zero-order valence-electron chi connectivity index (χ0n) is 16.6. The second-order valence-electron chi connectivity index (χ2n) is 6.70. The van der Waals surface area contributed by atoms with Crippen molar-refractivity contribution in [3.05, 3.63) is 58.7 Å². The third kappa shape index (κ3) is 4.78. The van der Waals surface area contributed by atoms with E-state index in [-0.39, 0.29) is 11.9 Å². The molecule has 0 aliphatic rings. The molecule has 2 rings (SSSR count). The molecule has 0 saturated heterocycles. The zero-order valence-corrected chi connectivity index (χ0v) is 16.6. The molecule has 0 spiro atoms. The van der Waals surface area contributed by atoms with E-state index in [9.17, 15) is 4.79 Å². The first-order chi connectivity index (χ1) is 12.3. The largest absolute Gasteiger partial charge is 0.496 e. The first-order valence-corrected chi connectivity index (χ1v) is 9.04. The molecule has 0 saturated carbocycles. The molecule has 0 radical (unpaired) electrons. The lowest BCUT2D eigenvalue weighted by atomic mass is 10.0. The van der Waals surface area contributed by atoms with Crippen LogP contribution in [-0.4, -0.2) is 19.1 Å². The average Bonchev–Trinajstić information content (AvgIpc) is 2.62. The molecule has 0 aliphatic heterocycles. The van der Waals surface area contributed by atoms with Crippen LogP contribution < -0.4 is 14.8 Å². The van der Waals surface area contributed by atoms with Crippen molar-refractivity contribution >= 4 is 5.91 Å². The summed E-state index contributed by atoms with van der Waals surface area (Å²) in [5.41, 5.74) is 4.47. The lowest BCUT2D eigenvalue weighted by molar-refractivity contribution is -0.128. The first-order valence-electron chi connectivity index (χ1n) is 9.04. The minimum atomic E-state index is -0.564. The maximum absolute atomic E-state index is 12.6. The molecule has 2 aromatic rings. The molecule has 2 atom stereocenters. The van der Waals surface area contributed by atoms with Gasteiger partial charge >= 0.3 is 0 Å². The van der Waals surface area contributed by atoms with Gasteiger partial charge in [0.2, 0.25) is 0 Å². The van der Waals surface area contributed by atoms with Crippen molar-refractivity contribution in [2.24, 2.45) is 0 Å². The molecule has 4 heteroatoms. The van der Waals surface area contributed by atoms with E-state index in [0.29, 0.717) is 5.75 Å². The van der Waals surface area contributed by atoms with Gasteiger partial charge in [-0.2, -0.15) is 0 Å². The molecule has 0 aromatic heterocycles. The second kappa shape index (κ2) is 8.75. The van der Waals surface area contributed by atoms with Crippen LogP contribution in [0.4, 0.5) is 0 Å². The van der Waals surface area contributed by atoms with Crippen LogP contribution in [0.1, 0.15) is 48.6 Å². The Bertz CT molecular complexity index is 770. The fourth-order valence-electron chi connectivity index (χ4n) is 2.87. The Morgan fingerprint density at radius 1 is 1.04 bits per heavy atom. The van der Waals surface area contributed by atoms with E-state index >= 15 is 0 Å². The van der Waals surface area contributed by atoms with Crippen molar-refractivity contribution < 1.29 is 14.3 Å². The number of carbonyl (C=O) groups excluding carboxylic acids is 1. The fraction of sp³-hybridized carbons (Fsp3) is 0.409. The Morgan fingerprint density at radius 3 is 2.35 bits per heavy atom. The summed E-state index contributed by atoms with van der Waals surface area (Å²) in [6.07, 6.45) is 0.235. The number of aryl methyl sites for hydroxylation is 3.